The van der Waals surface area contributed by atoms with Crippen molar-refractivity contribution in [1.29, 1.82) is 0 Å². The van der Waals surface area contributed by atoms with Gasteiger partial charge in [0.1, 0.15) is 0 Å². The maximum atomic E-state index is 13.3. The first-order valence-corrected chi connectivity index (χ1v) is 8.27. The van der Waals surface area contributed by atoms with E-state index in [0.717, 1.165) is 17.8 Å². The lowest BCUT2D eigenvalue weighted by molar-refractivity contribution is -0.114. The molecular weight excluding hydrogens is 366 g/mol. The van der Waals surface area contributed by atoms with Crippen LogP contribution in [0.4, 0.5) is 31.5 Å². The molecule has 2 aromatic carbocycles. The topological polar surface area (TPSA) is 83.1 Å². The van der Waals surface area contributed by atoms with Gasteiger partial charge in [-0.05, 0) is 42.5 Å². The predicted molar refractivity (Wildman–Crippen MR) is 103 cm³/mol. The summed E-state index contributed by atoms with van der Waals surface area (Å²) in [4.78, 5) is 27.4. The Morgan fingerprint density at radius 2 is 1.46 bits per heavy atom. The van der Waals surface area contributed by atoms with Crippen LogP contribution in [0.1, 0.15) is 17.3 Å². The van der Waals surface area contributed by atoms with Crippen molar-refractivity contribution in [2.45, 2.75) is 6.92 Å². The van der Waals surface area contributed by atoms with Gasteiger partial charge in [0.25, 0.3) is 5.91 Å². The fourth-order valence-electron chi connectivity index (χ4n) is 2.42. The maximum Gasteiger partial charge on any atom is 0.257 e. The first-order valence-electron chi connectivity index (χ1n) is 8.27. The zero-order chi connectivity index (χ0) is 20.1. The summed E-state index contributed by atoms with van der Waals surface area (Å²) in [5, 5.41) is 8.25. The van der Waals surface area contributed by atoms with Crippen molar-refractivity contribution in [3.8, 4) is 0 Å². The number of hydrogen-bond donors (Lipinski definition) is 3. The summed E-state index contributed by atoms with van der Waals surface area (Å²) in [6.07, 6.45) is 2.90. The molecule has 0 saturated carbocycles. The Bertz CT molecular complexity index is 1020. The highest BCUT2D eigenvalue weighted by molar-refractivity contribution is 6.04. The third-order valence-electron chi connectivity index (χ3n) is 3.67. The van der Waals surface area contributed by atoms with Crippen molar-refractivity contribution in [3.05, 3.63) is 78.1 Å². The normalized spacial score (nSPS) is 10.2. The summed E-state index contributed by atoms with van der Waals surface area (Å²) in [5.41, 5.74) is 2.33. The van der Waals surface area contributed by atoms with Crippen molar-refractivity contribution in [1.82, 2.24) is 4.98 Å². The average molecular weight is 382 g/mol. The number of anilines is 4. The molecule has 0 fully saturated rings. The smallest absolute Gasteiger partial charge is 0.257 e. The monoisotopic (exact) mass is 382 g/mol. The van der Waals surface area contributed by atoms with Crippen LogP contribution in [-0.4, -0.2) is 16.8 Å². The van der Waals surface area contributed by atoms with Crippen molar-refractivity contribution in [2.24, 2.45) is 0 Å². The van der Waals surface area contributed by atoms with Gasteiger partial charge in [0, 0.05) is 36.2 Å². The van der Waals surface area contributed by atoms with Crippen LogP contribution in [0.25, 0.3) is 0 Å². The van der Waals surface area contributed by atoms with Gasteiger partial charge in [-0.25, -0.2) is 8.78 Å². The second-order valence-corrected chi connectivity index (χ2v) is 5.93. The van der Waals surface area contributed by atoms with Crippen molar-refractivity contribution >= 4 is 34.6 Å². The summed E-state index contributed by atoms with van der Waals surface area (Å²) >= 11 is 0. The lowest BCUT2D eigenvalue weighted by atomic mass is 10.2. The number of carbonyl (C=O) groups excluding carboxylic acids is 2. The molecule has 0 bridgehead atoms. The van der Waals surface area contributed by atoms with E-state index in [0.29, 0.717) is 11.4 Å². The van der Waals surface area contributed by atoms with Crippen LogP contribution in [0.5, 0.6) is 0 Å². The molecule has 2 amide bonds. The van der Waals surface area contributed by atoms with Crippen LogP contribution in [0, 0.1) is 11.6 Å². The van der Waals surface area contributed by atoms with E-state index in [4.69, 9.17) is 0 Å². The van der Waals surface area contributed by atoms with Crippen molar-refractivity contribution in [2.75, 3.05) is 16.0 Å². The lowest BCUT2D eigenvalue weighted by Gasteiger charge is -2.10. The predicted octanol–water partition coefficient (Wildman–Crippen LogP) is 4.31. The summed E-state index contributed by atoms with van der Waals surface area (Å²) < 4.78 is 26.2. The molecule has 3 N–H and O–H groups in total. The minimum absolute atomic E-state index is 0.135. The largest absolute Gasteiger partial charge is 0.354 e. The van der Waals surface area contributed by atoms with Gasteiger partial charge in [0.05, 0.1) is 17.4 Å². The number of benzene rings is 2. The fraction of sp³-hybridized carbons (Fsp3) is 0.0500. The number of hydrogen-bond acceptors (Lipinski definition) is 4. The van der Waals surface area contributed by atoms with E-state index in [1.54, 1.807) is 30.3 Å². The molecule has 1 aromatic heterocycles. The number of pyridine rings is 1. The minimum atomic E-state index is -1.05. The molecule has 3 aromatic rings. The summed E-state index contributed by atoms with van der Waals surface area (Å²) in [5.74, 6) is -2.71. The van der Waals surface area contributed by atoms with E-state index in [1.807, 2.05) is 0 Å². The molecule has 0 spiro atoms. The fourth-order valence-corrected chi connectivity index (χ4v) is 2.42. The molecule has 0 radical (unpaired) electrons. The average Bonchev–Trinajstić information content (AvgIpc) is 2.66. The molecule has 28 heavy (non-hydrogen) atoms. The number of halogens is 2. The van der Waals surface area contributed by atoms with Gasteiger partial charge in [-0.15, -0.1) is 0 Å². The van der Waals surface area contributed by atoms with Crippen LogP contribution in [0.2, 0.25) is 0 Å². The summed E-state index contributed by atoms with van der Waals surface area (Å²) in [7, 11) is 0. The second kappa shape index (κ2) is 8.26. The molecule has 0 aliphatic carbocycles. The molecule has 0 atom stereocenters. The highest BCUT2D eigenvalue weighted by Gasteiger charge is 2.10. The molecule has 0 aliphatic heterocycles. The van der Waals surface area contributed by atoms with E-state index in [1.165, 1.54) is 25.4 Å². The van der Waals surface area contributed by atoms with Crippen LogP contribution in [-0.2, 0) is 4.79 Å². The lowest BCUT2D eigenvalue weighted by Crippen LogP contribution is -2.12. The Morgan fingerprint density at radius 1 is 0.786 bits per heavy atom. The van der Waals surface area contributed by atoms with Gasteiger partial charge >= 0.3 is 0 Å². The molecule has 8 heteroatoms. The highest BCUT2D eigenvalue weighted by atomic mass is 19.2. The molecule has 0 unspecified atom stereocenters. The first-order chi connectivity index (χ1) is 13.4. The van der Waals surface area contributed by atoms with Crippen molar-refractivity contribution < 1.29 is 18.4 Å². The third kappa shape index (κ3) is 4.88. The van der Waals surface area contributed by atoms with Gasteiger partial charge in [0.2, 0.25) is 5.91 Å². The molecule has 6 nitrogen and oxygen atoms in total. The first kappa shape index (κ1) is 19.0. The zero-order valence-electron chi connectivity index (χ0n) is 14.8. The van der Waals surface area contributed by atoms with Gasteiger partial charge < -0.3 is 16.0 Å². The van der Waals surface area contributed by atoms with Crippen molar-refractivity contribution in [3.63, 3.8) is 0 Å². The maximum absolute atomic E-state index is 13.3. The minimum Gasteiger partial charge on any atom is -0.354 e. The highest BCUT2D eigenvalue weighted by Crippen LogP contribution is 2.20. The Morgan fingerprint density at radius 3 is 2.14 bits per heavy atom. The van der Waals surface area contributed by atoms with E-state index in [2.05, 4.69) is 20.9 Å². The second-order valence-electron chi connectivity index (χ2n) is 5.93. The number of rotatable bonds is 5. The SMILES string of the molecule is CC(=O)Nc1ccc(Nc2cncc(C(=O)Nc3ccc(F)c(F)c3)c2)cc1. The van der Waals surface area contributed by atoms with Crippen LogP contribution < -0.4 is 16.0 Å². The molecule has 0 saturated heterocycles. The van der Waals surface area contributed by atoms with Crippen LogP contribution in [0.15, 0.2) is 60.9 Å². The van der Waals surface area contributed by atoms with E-state index >= 15 is 0 Å². The number of amides is 2. The van der Waals surface area contributed by atoms with E-state index in [9.17, 15) is 18.4 Å². The van der Waals surface area contributed by atoms with Crippen LogP contribution in [0.3, 0.4) is 0 Å². The third-order valence-corrected chi connectivity index (χ3v) is 3.67. The van der Waals surface area contributed by atoms with E-state index in [-0.39, 0.29) is 17.2 Å². The van der Waals surface area contributed by atoms with Crippen LogP contribution >= 0.6 is 0 Å². The Kier molecular flexibility index (Phi) is 5.59. The molecule has 1 heterocycles. The Hall–Kier alpha value is -3.81. The summed E-state index contributed by atoms with van der Waals surface area (Å²) in [6.45, 7) is 1.43. The van der Waals surface area contributed by atoms with Gasteiger partial charge in [0.15, 0.2) is 11.6 Å². The van der Waals surface area contributed by atoms with Gasteiger partial charge in [-0.1, -0.05) is 0 Å². The van der Waals surface area contributed by atoms with Gasteiger partial charge in [-0.3, -0.25) is 14.6 Å². The van der Waals surface area contributed by atoms with E-state index < -0.39 is 17.5 Å². The number of carbonyl (C=O) groups is 2. The number of nitrogens with one attached hydrogen (secondary N) is 3. The number of nitrogens with zero attached hydrogens (tertiary/aromatic N) is 1. The zero-order valence-corrected chi connectivity index (χ0v) is 14.8. The molecule has 0 aliphatic rings. The molecule has 3 rings (SSSR count). The number of aromatic nitrogens is 1. The molecule has 142 valence electrons. The standard InChI is InChI=1S/C20H16F2N4O2/c1-12(27)24-14-2-4-15(5-3-14)25-17-8-13(10-23-11-17)20(28)26-16-6-7-18(21)19(22)9-16/h2-11,25H,1H3,(H,24,27)(H,26,28). The summed E-state index contributed by atoms with van der Waals surface area (Å²) in [6, 6.07) is 11.7. The quantitative estimate of drug-likeness (QED) is 0.614. The Balaban J connectivity index is 1.70. The van der Waals surface area contributed by atoms with Gasteiger partial charge in [-0.2, -0.15) is 0 Å². The Labute approximate surface area is 159 Å². The molecular formula is C20H16F2N4O2.